The molecule has 1 fully saturated rings. The number of piperidine rings is 1. The monoisotopic (exact) mass is 541 g/mol. The van der Waals surface area contributed by atoms with E-state index >= 15 is 0 Å². The van der Waals surface area contributed by atoms with E-state index in [0.717, 1.165) is 10.7 Å². The third kappa shape index (κ3) is 4.67. The van der Waals surface area contributed by atoms with Gasteiger partial charge in [-0.25, -0.2) is 14.5 Å². The topological polar surface area (TPSA) is 111 Å². The first-order valence-corrected chi connectivity index (χ1v) is 11.8. The minimum atomic E-state index is -4.65. The average molecular weight is 542 g/mol. The first kappa shape index (κ1) is 24.6. The number of H-pyrrole nitrogens is 1. The van der Waals surface area contributed by atoms with Gasteiger partial charge in [0, 0.05) is 25.1 Å². The summed E-state index contributed by atoms with van der Waals surface area (Å²) in [6.45, 7) is 0.461. The van der Waals surface area contributed by atoms with Gasteiger partial charge in [-0.3, -0.25) is 4.79 Å². The van der Waals surface area contributed by atoms with Crippen molar-refractivity contribution in [3.8, 4) is 0 Å². The van der Waals surface area contributed by atoms with Gasteiger partial charge in [-0.05, 0) is 25.0 Å². The van der Waals surface area contributed by atoms with Gasteiger partial charge in [0.05, 0.1) is 39.5 Å². The number of ketones is 1. The van der Waals surface area contributed by atoms with Crippen LogP contribution in [0.1, 0.15) is 24.4 Å². The summed E-state index contributed by atoms with van der Waals surface area (Å²) in [5, 5.41) is 17.2. The Morgan fingerprint density at radius 1 is 1.19 bits per heavy atom. The molecule has 4 aromatic rings. The quantitative estimate of drug-likeness (QED) is 0.333. The summed E-state index contributed by atoms with van der Waals surface area (Å²) in [6.07, 6.45) is -2.96. The number of aliphatic hydroxyl groups excluding tert-OH is 1. The van der Waals surface area contributed by atoms with Crippen LogP contribution in [-0.4, -0.2) is 55.2 Å². The van der Waals surface area contributed by atoms with Crippen molar-refractivity contribution in [3.63, 3.8) is 0 Å². The van der Waals surface area contributed by atoms with Gasteiger partial charge in [-0.15, -0.1) is 5.10 Å². The highest BCUT2D eigenvalue weighted by Gasteiger charge is 2.36. The number of imidazole rings is 2. The molecule has 0 saturated carbocycles. The molecule has 3 aromatic heterocycles. The van der Waals surface area contributed by atoms with Crippen LogP contribution in [0, 0.1) is 5.92 Å². The maximum Gasteiger partial charge on any atom is 0.435 e. The fourth-order valence-corrected chi connectivity index (χ4v) is 4.64. The number of carbonyl (C=O) groups is 1. The summed E-state index contributed by atoms with van der Waals surface area (Å²) < 4.78 is 41.7. The fraction of sp³-hybridized carbons (Fsp3) is 0.364. The summed E-state index contributed by atoms with van der Waals surface area (Å²) in [6, 6.07) is 4.90. The van der Waals surface area contributed by atoms with Crippen molar-refractivity contribution >= 4 is 57.2 Å². The zero-order valence-electron chi connectivity index (χ0n) is 18.6. The number of halogens is 5. The van der Waals surface area contributed by atoms with E-state index in [-0.39, 0.29) is 23.9 Å². The number of alkyl halides is 3. The Morgan fingerprint density at radius 3 is 2.61 bits per heavy atom. The van der Waals surface area contributed by atoms with Gasteiger partial charge in [0.1, 0.15) is 12.4 Å². The molecule has 3 N–H and O–H groups in total. The van der Waals surface area contributed by atoms with Crippen molar-refractivity contribution in [1.82, 2.24) is 24.6 Å². The number of hydrogen-bond acceptors (Lipinski definition) is 7. The summed E-state index contributed by atoms with van der Waals surface area (Å²) in [4.78, 5) is 25.2. The number of fused-ring (bicyclic) bond motifs is 2. The second-order valence-corrected chi connectivity index (χ2v) is 9.31. The maximum absolute atomic E-state index is 13.6. The zero-order chi connectivity index (χ0) is 25.6. The van der Waals surface area contributed by atoms with E-state index in [9.17, 15) is 18.0 Å². The first-order valence-electron chi connectivity index (χ1n) is 11.1. The predicted molar refractivity (Wildman–Crippen MR) is 128 cm³/mol. The summed E-state index contributed by atoms with van der Waals surface area (Å²) in [5.41, 5.74) is 0.615. The van der Waals surface area contributed by atoms with Crippen molar-refractivity contribution in [2.24, 2.45) is 5.92 Å². The van der Waals surface area contributed by atoms with E-state index in [1.165, 1.54) is 0 Å². The number of aromatic nitrogens is 5. The fourth-order valence-electron chi connectivity index (χ4n) is 4.31. The molecule has 0 spiro atoms. The second-order valence-electron chi connectivity index (χ2n) is 8.50. The van der Waals surface area contributed by atoms with Gasteiger partial charge in [0.15, 0.2) is 22.9 Å². The van der Waals surface area contributed by atoms with E-state index in [0.29, 0.717) is 64.3 Å². The van der Waals surface area contributed by atoms with E-state index < -0.39 is 18.5 Å². The number of Topliss-reactive ketones (excluding diaryl/α,β-unsaturated/α-hetero) is 1. The minimum Gasteiger partial charge on any atom is -0.389 e. The lowest BCUT2D eigenvalue weighted by molar-refractivity contribution is -0.142. The summed E-state index contributed by atoms with van der Waals surface area (Å²) in [7, 11) is 0. The van der Waals surface area contributed by atoms with Crippen molar-refractivity contribution in [3.05, 3.63) is 46.0 Å². The van der Waals surface area contributed by atoms with Crippen LogP contribution in [0.5, 0.6) is 0 Å². The van der Waals surface area contributed by atoms with E-state index in [1.54, 1.807) is 18.2 Å². The van der Waals surface area contributed by atoms with Gasteiger partial charge in [-0.1, -0.05) is 23.2 Å². The van der Waals surface area contributed by atoms with Gasteiger partial charge in [0.25, 0.3) is 0 Å². The van der Waals surface area contributed by atoms with Crippen LogP contribution >= 0.6 is 23.2 Å². The molecule has 1 aliphatic rings. The van der Waals surface area contributed by atoms with Gasteiger partial charge in [0.2, 0.25) is 0 Å². The Balaban J connectivity index is 1.46. The molecule has 0 unspecified atom stereocenters. The van der Waals surface area contributed by atoms with Crippen molar-refractivity contribution in [1.29, 1.82) is 0 Å². The summed E-state index contributed by atoms with van der Waals surface area (Å²) in [5.74, 6) is 0.321. The van der Waals surface area contributed by atoms with E-state index in [1.807, 2.05) is 4.90 Å². The molecule has 190 valence electrons. The number of carbonyl (C=O) groups excluding carboxylic acids is 1. The van der Waals surface area contributed by atoms with Crippen molar-refractivity contribution < 1.29 is 23.1 Å². The van der Waals surface area contributed by atoms with Crippen LogP contribution in [0.15, 0.2) is 24.4 Å². The molecular weight excluding hydrogens is 522 g/mol. The average Bonchev–Trinajstić information content (AvgIpc) is 3.46. The highest BCUT2D eigenvalue weighted by atomic mass is 35.5. The molecule has 1 aliphatic heterocycles. The predicted octanol–water partition coefficient (Wildman–Crippen LogP) is 4.32. The molecule has 0 atom stereocenters. The van der Waals surface area contributed by atoms with Gasteiger partial charge >= 0.3 is 6.18 Å². The zero-order valence-corrected chi connectivity index (χ0v) is 20.1. The molecule has 36 heavy (non-hydrogen) atoms. The number of aliphatic hydroxyl groups is 1. The standard InChI is InChI=1S/C22H20Cl2F3N7O2/c23-12-5-14-15(6-13(12)24)31-19(30-14)9-28-16-7-20(33-3-1-11(2-4-33)17(36)10-35)32-34-18(22(25,26)27)8-29-21(16)34/h5-8,11,28,35H,1-4,9-10H2,(H,30,31). The molecule has 4 heterocycles. The second kappa shape index (κ2) is 9.41. The third-order valence-electron chi connectivity index (χ3n) is 6.19. The normalized spacial score (nSPS) is 15.2. The smallest absolute Gasteiger partial charge is 0.389 e. The highest BCUT2D eigenvalue weighted by Crippen LogP contribution is 2.33. The van der Waals surface area contributed by atoms with Gasteiger partial charge in [-0.2, -0.15) is 13.2 Å². The van der Waals surface area contributed by atoms with Crippen LogP contribution in [0.4, 0.5) is 24.7 Å². The molecule has 9 nitrogen and oxygen atoms in total. The van der Waals surface area contributed by atoms with Crippen molar-refractivity contribution in [2.45, 2.75) is 25.6 Å². The number of anilines is 2. The third-order valence-corrected chi connectivity index (χ3v) is 6.92. The number of benzene rings is 1. The Morgan fingerprint density at radius 2 is 1.92 bits per heavy atom. The Hall–Kier alpha value is -3.09. The van der Waals surface area contributed by atoms with Crippen LogP contribution < -0.4 is 10.2 Å². The van der Waals surface area contributed by atoms with E-state index in [2.05, 4.69) is 25.4 Å². The maximum atomic E-state index is 13.6. The SMILES string of the molecule is O=C(CO)C1CCN(c2cc(NCc3nc4cc(Cl)c(Cl)cc4[nH]3)c3ncc(C(F)(F)F)n3n2)CC1. The highest BCUT2D eigenvalue weighted by molar-refractivity contribution is 6.42. The first-order chi connectivity index (χ1) is 17.1. The molecule has 5 rings (SSSR count). The van der Waals surface area contributed by atoms with Crippen LogP contribution in [0.25, 0.3) is 16.7 Å². The number of rotatable bonds is 6. The summed E-state index contributed by atoms with van der Waals surface area (Å²) >= 11 is 12.1. The molecule has 0 aliphatic carbocycles. The molecular formula is C22H20Cl2F3N7O2. The number of nitrogens with one attached hydrogen (secondary N) is 2. The van der Waals surface area contributed by atoms with Crippen LogP contribution in [0.2, 0.25) is 10.0 Å². The van der Waals surface area contributed by atoms with Crippen molar-refractivity contribution in [2.75, 3.05) is 29.9 Å². The lowest BCUT2D eigenvalue weighted by Crippen LogP contribution is -2.38. The lowest BCUT2D eigenvalue weighted by Gasteiger charge is -2.32. The number of aromatic amines is 1. The Labute approximate surface area is 212 Å². The minimum absolute atomic E-state index is 0.0126. The molecule has 1 saturated heterocycles. The van der Waals surface area contributed by atoms with Crippen LogP contribution in [0.3, 0.4) is 0 Å². The van der Waals surface area contributed by atoms with Crippen LogP contribution in [-0.2, 0) is 17.5 Å². The Bertz CT molecular complexity index is 1410. The molecule has 1 aromatic carbocycles. The molecule has 0 radical (unpaired) electrons. The Kier molecular flexibility index (Phi) is 6.43. The lowest BCUT2D eigenvalue weighted by atomic mass is 9.93. The van der Waals surface area contributed by atoms with Gasteiger partial charge < -0.3 is 20.3 Å². The molecule has 0 amide bonds. The number of hydrogen-bond donors (Lipinski definition) is 3. The molecule has 0 bridgehead atoms. The molecule has 14 heteroatoms. The van der Waals surface area contributed by atoms with E-state index in [4.69, 9.17) is 28.3 Å². The largest absolute Gasteiger partial charge is 0.435 e. The number of nitrogens with zero attached hydrogens (tertiary/aromatic N) is 5.